The number of nitrogens with zero attached hydrogens (tertiary/aromatic N) is 3. The second-order valence-corrected chi connectivity index (χ2v) is 8.08. The Morgan fingerprint density at radius 3 is 2.71 bits per heavy atom. The predicted octanol–water partition coefficient (Wildman–Crippen LogP) is 1.33. The summed E-state index contributed by atoms with van der Waals surface area (Å²) in [5, 5.41) is 0. The molecule has 0 aliphatic rings. The van der Waals surface area contributed by atoms with Crippen LogP contribution in [-0.2, 0) is 10.0 Å². The minimum Gasteiger partial charge on any atom is -0.336 e. The molecule has 3 N–H and O–H groups in total. The van der Waals surface area contributed by atoms with Gasteiger partial charge in [-0.25, -0.2) is 18.1 Å². The van der Waals surface area contributed by atoms with Crippen LogP contribution in [0.2, 0.25) is 0 Å². The Labute approximate surface area is 164 Å². The Balaban J connectivity index is 2.06. The highest BCUT2D eigenvalue weighted by molar-refractivity contribution is 7.89. The molecule has 0 spiro atoms. The number of rotatable bonds is 7. The van der Waals surface area contributed by atoms with E-state index in [0.717, 1.165) is 11.1 Å². The quantitative estimate of drug-likeness (QED) is 0.621. The van der Waals surface area contributed by atoms with Crippen LogP contribution in [0.5, 0.6) is 0 Å². The molecule has 0 unspecified atom stereocenters. The van der Waals surface area contributed by atoms with E-state index in [-0.39, 0.29) is 10.8 Å². The SMILES string of the molecule is CCN(CCN)C(=O)c1cnc2ccc(-c3cccc(S(=O)(=O)NC)c3)cn12. The lowest BCUT2D eigenvalue weighted by atomic mass is 10.1. The molecular weight excluding hydrogens is 378 g/mol. The highest BCUT2D eigenvalue weighted by atomic mass is 32.2. The number of nitrogens with two attached hydrogens (primary N) is 1. The zero-order valence-electron chi connectivity index (χ0n) is 15.8. The van der Waals surface area contributed by atoms with Crippen LogP contribution in [0.15, 0.2) is 53.7 Å². The third-order valence-corrected chi connectivity index (χ3v) is 5.95. The average molecular weight is 401 g/mol. The van der Waals surface area contributed by atoms with Crippen molar-refractivity contribution in [2.75, 3.05) is 26.7 Å². The van der Waals surface area contributed by atoms with Gasteiger partial charge in [0.15, 0.2) is 0 Å². The number of benzene rings is 1. The van der Waals surface area contributed by atoms with Gasteiger partial charge in [-0.3, -0.25) is 9.20 Å². The van der Waals surface area contributed by atoms with Crippen molar-refractivity contribution in [2.45, 2.75) is 11.8 Å². The third-order valence-electron chi connectivity index (χ3n) is 4.54. The molecule has 9 heteroatoms. The standard InChI is InChI=1S/C19H23N5O3S/c1-3-23(10-9-20)19(25)17-12-22-18-8-7-15(13-24(17)18)14-5-4-6-16(11-14)28(26,27)21-2/h4-8,11-13,21H,3,9-10,20H2,1-2H3. The predicted molar refractivity (Wildman–Crippen MR) is 108 cm³/mol. The van der Waals surface area contributed by atoms with Gasteiger partial charge in [-0.1, -0.05) is 12.1 Å². The van der Waals surface area contributed by atoms with Gasteiger partial charge in [-0.2, -0.15) is 0 Å². The Kier molecular flexibility index (Phi) is 5.78. The number of amides is 1. The van der Waals surface area contributed by atoms with Crippen LogP contribution in [-0.4, -0.2) is 55.3 Å². The van der Waals surface area contributed by atoms with E-state index in [2.05, 4.69) is 9.71 Å². The number of hydrogen-bond donors (Lipinski definition) is 2. The zero-order valence-corrected chi connectivity index (χ0v) is 16.6. The maximum Gasteiger partial charge on any atom is 0.272 e. The smallest absolute Gasteiger partial charge is 0.272 e. The number of hydrogen-bond acceptors (Lipinski definition) is 5. The molecule has 3 rings (SSSR count). The Morgan fingerprint density at radius 2 is 2.04 bits per heavy atom. The molecule has 148 valence electrons. The third kappa shape index (κ3) is 3.77. The molecule has 2 heterocycles. The fourth-order valence-electron chi connectivity index (χ4n) is 2.99. The second kappa shape index (κ2) is 8.09. The van der Waals surface area contributed by atoms with Gasteiger partial charge < -0.3 is 10.6 Å². The molecule has 2 aromatic heterocycles. The highest BCUT2D eigenvalue weighted by Crippen LogP contribution is 2.24. The number of aromatic nitrogens is 2. The van der Waals surface area contributed by atoms with E-state index in [1.54, 1.807) is 39.9 Å². The summed E-state index contributed by atoms with van der Waals surface area (Å²) in [6, 6.07) is 10.3. The first-order valence-corrected chi connectivity index (χ1v) is 10.4. The van der Waals surface area contributed by atoms with Crippen LogP contribution >= 0.6 is 0 Å². The van der Waals surface area contributed by atoms with Gasteiger partial charge in [0.05, 0.1) is 11.1 Å². The van der Waals surface area contributed by atoms with Crippen molar-refractivity contribution in [3.63, 3.8) is 0 Å². The van der Waals surface area contributed by atoms with E-state index in [0.29, 0.717) is 31.0 Å². The van der Waals surface area contributed by atoms with Crippen molar-refractivity contribution in [2.24, 2.45) is 5.73 Å². The van der Waals surface area contributed by atoms with E-state index >= 15 is 0 Å². The number of likely N-dealkylation sites (N-methyl/N-ethyl adjacent to an activating group) is 1. The maximum atomic E-state index is 12.8. The molecular formula is C19H23N5O3S. The molecule has 0 aliphatic carbocycles. The molecule has 0 fully saturated rings. The summed E-state index contributed by atoms with van der Waals surface area (Å²) in [4.78, 5) is 19.0. The Morgan fingerprint density at radius 1 is 1.25 bits per heavy atom. The Bertz CT molecular complexity index is 1110. The summed E-state index contributed by atoms with van der Waals surface area (Å²) in [6.07, 6.45) is 3.33. The van der Waals surface area contributed by atoms with Crippen LogP contribution in [0.25, 0.3) is 16.8 Å². The molecule has 1 amide bonds. The van der Waals surface area contributed by atoms with Crippen molar-refractivity contribution < 1.29 is 13.2 Å². The summed E-state index contributed by atoms with van der Waals surface area (Å²) >= 11 is 0. The van der Waals surface area contributed by atoms with Crippen molar-refractivity contribution in [1.82, 2.24) is 19.0 Å². The van der Waals surface area contributed by atoms with Crippen LogP contribution in [0.4, 0.5) is 0 Å². The molecule has 0 radical (unpaired) electrons. The van der Waals surface area contributed by atoms with Gasteiger partial charge in [0, 0.05) is 25.8 Å². The molecule has 28 heavy (non-hydrogen) atoms. The summed E-state index contributed by atoms with van der Waals surface area (Å²) in [5.74, 6) is -0.149. The summed E-state index contributed by atoms with van der Waals surface area (Å²) in [7, 11) is -2.17. The monoisotopic (exact) mass is 401 g/mol. The number of pyridine rings is 1. The van der Waals surface area contributed by atoms with Crippen LogP contribution in [0.3, 0.4) is 0 Å². The van der Waals surface area contributed by atoms with Crippen LogP contribution < -0.4 is 10.5 Å². The normalized spacial score (nSPS) is 11.7. The molecule has 1 aromatic carbocycles. The van der Waals surface area contributed by atoms with E-state index in [1.165, 1.54) is 13.1 Å². The first-order chi connectivity index (χ1) is 13.4. The summed E-state index contributed by atoms with van der Waals surface area (Å²) in [6.45, 7) is 3.29. The number of carbonyl (C=O) groups is 1. The number of imidazole rings is 1. The zero-order chi connectivity index (χ0) is 20.3. The number of sulfonamides is 1. The maximum absolute atomic E-state index is 12.8. The Hall–Kier alpha value is -2.75. The molecule has 0 saturated heterocycles. The lowest BCUT2D eigenvalue weighted by molar-refractivity contribution is 0.0762. The van der Waals surface area contributed by atoms with Gasteiger partial charge >= 0.3 is 0 Å². The molecule has 0 bridgehead atoms. The largest absolute Gasteiger partial charge is 0.336 e. The van der Waals surface area contributed by atoms with E-state index < -0.39 is 10.0 Å². The van der Waals surface area contributed by atoms with E-state index in [9.17, 15) is 13.2 Å². The van der Waals surface area contributed by atoms with Crippen LogP contribution in [0.1, 0.15) is 17.4 Å². The first-order valence-electron chi connectivity index (χ1n) is 8.91. The number of fused-ring (bicyclic) bond motifs is 1. The first kappa shape index (κ1) is 20.0. The van der Waals surface area contributed by atoms with E-state index in [1.807, 2.05) is 19.1 Å². The number of nitrogens with one attached hydrogen (secondary N) is 1. The van der Waals surface area contributed by atoms with Crippen molar-refractivity contribution in [1.29, 1.82) is 0 Å². The van der Waals surface area contributed by atoms with Gasteiger partial charge in [-0.05, 0) is 49.4 Å². The lowest BCUT2D eigenvalue weighted by Gasteiger charge is -2.19. The number of carbonyl (C=O) groups excluding carboxylic acids is 1. The van der Waals surface area contributed by atoms with E-state index in [4.69, 9.17) is 5.73 Å². The molecule has 3 aromatic rings. The lowest BCUT2D eigenvalue weighted by Crippen LogP contribution is -2.35. The summed E-state index contributed by atoms with van der Waals surface area (Å²) in [5.41, 5.74) is 8.16. The summed E-state index contributed by atoms with van der Waals surface area (Å²) < 4.78 is 28.2. The topological polar surface area (TPSA) is 110 Å². The second-order valence-electron chi connectivity index (χ2n) is 6.20. The molecule has 0 atom stereocenters. The fraction of sp³-hybridized carbons (Fsp3) is 0.263. The van der Waals surface area contributed by atoms with Gasteiger partial charge in [0.1, 0.15) is 11.3 Å². The highest BCUT2D eigenvalue weighted by Gasteiger charge is 2.18. The average Bonchev–Trinajstić information content (AvgIpc) is 3.14. The minimum absolute atomic E-state index is 0.149. The molecule has 0 saturated carbocycles. The van der Waals surface area contributed by atoms with Crippen molar-refractivity contribution in [3.05, 3.63) is 54.5 Å². The molecule has 0 aliphatic heterocycles. The van der Waals surface area contributed by atoms with Gasteiger partial charge in [0.25, 0.3) is 5.91 Å². The fourth-order valence-corrected chi connectivity index (χ4v) is 3.77. The van der Waals surface area contributed by atoms with Crippen LogP contribution in [0, 0.1) is 0 Å². The van der Waals surface area contributed by atoms with Crippen molar-refractivity contribution >= 4 is 21.6 Å². The van der Waals surface area contributed by atoms with Gasteiger partial charge in [0.2, 0.25) is 10.0 Å². The van der Waals surface area contributed by atoms with Gasteiger partial charge in [-0.15, -0.1) is 0 Å². The minimum atomic E-state index is -3.54. The van der Waals surface area contributed by atoms with Crippen molar-refractivity contribution in [3.8, 4) is 11.1 Å². The molecule has 8 nitrogen and oxygen atoms in total.